The molecule has 1 fully saturated rings. The van der Waals surface area contributed by atoms with Crippen LogP contribution in [0.3, 0.4) is 0 Å². The molecule has 39 heavy (non-hydrogen) atoms. The zero-order valence-corrected chi connectivity index (χ0v) is 22.4. The number of carboxylic acids is 1. The van der Waals surface area contributed by atoms with E-state index in [1.165, 1.54) is 17.0 Å². The number of nitrogens with two attached hydrogens (primary N) is 1. The van der Waals surface area contributed by atoms with Crippen LogP contribution in [0.15, 0.2) is 54.6 Å². The molecule has 2 aromatic rings. The number of nitrogens with zero attached hydrogens (tertiary/aromatic N) is 1. The van der Waals surface area contributed by atoms with Crippen LogP contribution in [0.2, 0.25) is 0 Å². The molecule has 0 saturated carbocycles. The number of benzene rings is 2. The van der Waals surface area contributed by atoms with Gasteiger partial charge in [0.25, 0.3) is 0 Å². The van der Waals surface area contributed by atoms with Crippen LogP contribution in [0.4, 0.5) is 0 Å². The molecule has 0 bridgehead atoms. The minimum Gasteiger partial charge on any atom is -0.508 e. The highest BCUT2D eigenvalue weighted by molar-refractivity contribution is 5.94. The summed E-state index contributed by atoms with van der Waals surface area (Å²) in [4.78, 5) is 53.2. The number of aliphatic carboxylic acids is 1. The van der Waals surface area contributed by atoms with E-state index in [1.54, 1.807) is 12.1 Å². The summed E-state index contributed by atoms with van der Waals surface area (Å²) >= 11 is 0. The molecule has 3 amide bonds. The first kappa shape index (κ1) is 29.6. The van der Waals surface area contributed by atoms with Gasteiger partial charge < -0.3 is 31.5 Å². The van der Waals surface area contributed by atoms with Crippen molar-refractivity contribution in [2.45, 2.75) is 70.1 Å². The van der Waals surface area contributed by atoms with E-state index < -0.39 is 47.9 Å². The van der Waals surface area contributed by atoms with Gasteiger partial charge in [-0.15, -0.1) is 0 Å². The SMILES string of the molecule is CC(C)CC(N)C(=O)NC(Cc1ccccc1)C(=O)N1CCCC1C(=O)NC(Cc1ccc(O)cc1)C(=O)O. The van der Waals surface area contributed by atoms with Crippen molar-refractivity contribution in [3.63, 3.8) is 0 Å². The van der Waals surface area contributed by atoms with Gasteiger partial charge in [-0.05, 0) is 48.4 Å². The van der Waals surface area contributed by atoms with Gasteiger partial charge in [-0.2, -0.15) is 0 Å². The maximum atomic E-state index is 13.7. The minimum atomic E-state index is -1.21. The third kappa shape index (κ3) is 8.54. The second kappa shape index (κ2) is 13.7. The molecule has 1 aliphatic rings. The molecule has 1 saturated heterocycles. The summed E-state index contributed by atoms with van der Waals surface area (Å²) < 4.78 is 0. The largest absolute Gasteiger partial charge is 0.508 e. The fourth-order valence-electron chi connectivity index (χ4n) is 4.78. The smallest absolute Gasteiger partial charge is 0.326 e. The zero-order chi connectivity index (χ0) is 28.5. The number of likely N-dealkylation sites (tertiary alicyclic amines) is 1. The van der Waals surface area contributed by atoms with Crippen LogP contribution in [-0.4, -0.2) is 69.5 Å². The van der Waals surface area contributed by atoms with Crippen molar-refractivity contribution in [1.82, 2.24) is 15.5 Å². The van der Waals surface area contributed by atoms with E-state index in [0.29, 0.717) is 31.4 Å². The minimum absolute atomic E-state index is 0.0163. The molecule has 4 atom stereocenters. The Bertz CT molecular complexity index is 1140. The van der Waals surface area contributed by atoms with E-state index in [1.807, 2.05) is 44.2 Å². The predicted octanol–water partition coefficient (Wildman–Crippen LogP) is 1.60. The Morgan fingerprint density at radius 2 is 1.56 bits per heavy atom. The molecule has 0 aliphatic carbocycles. The zero-order valence-electron chi connectivity index (χ0n) is 22.4. The molecule has 0 aromatic heterocycles. The first-order valence-corrected chi connectivity index (χ1v) is 13.3. The van der Waals surface area contributed by atoms with Gasteiger partial charge in [-0.1, -0.05) is 56.3 Å². The Morgan fingerprint density at radius 1 is 0.949 bits per heavy atom. The first-order chi connectivity index (χ1) is 18.5. The fourth-order valence-corrected chi connectivity index (χ4v) is 4.78. The van der Waals surface area contributed by atoms with Crippen LogP contribution < -0.4 is 16.4 Å². The highest BCUT2D eigenvalue weighted by atomic mass is 16.4. The lowest BCUT2D eigenvalue weighted by atomic mass is 10.0. The van der Waals surface area contributed by atoms with Crippen molar-refractivity contribution in [2.24, 2.45) is 11.7 Å². The van der Waals surface area contributed by atoms with Gasteiger partial charge in [0.1, 0.15) is 23.9 Å². The van der Waals surface area contributed by atoms with E-state index >= 15 is 0 Å². The molecule has 2 aromatic carbocycles. The lowest BCUT2D eigenvalue weighted by Gasteiger charge is -2.30. The average molecular weight is 539 g/mol. The molecule has 0 spiro atoms. The van der Waals surface area contributed by atoms with Crippen molar-refractivity contribution < 1.29 is 29.4 Å². The average Bonchev–Trinajstić information content (AvgIpc) is 3.39. The fraction of sp³-hybridized carbons (Fsp3) is 0.448. The summed E-state index contributed by atoms with van der Waals surface area (Å²) in [6.45, 7) is 4.23. The Hall–Kier alpha value is -3.92. The Morgan fingerprint density at radius 3 is 2.18 bits per heavy atom. The number of hydrogen-bond donors (Lipinski definition) is 5. The summed E-state index contributed by atoms with van der Waals surface area (Å²) in [5.41, 5.74) is 7.54. The number of hydrogen-bond acceptors (Lipinski definition) is 6. The Labute approximate surface area is 228 Å². The highest BCUT2D eigenvalue weighted by Gasteiger charge is 2.39. The molecular formula is C29H38N4O6. The lowest BCUT2D eigenvalue weighted by Crippen LogP contribution is -2.57. The lowest BCUT2D eigenvalue weighted by molar-refractivity contribution is -0.144. The highest BCUT2D eigenvalue weighted by Crippen LogP contribution is 2.21. The number of carbonyl (C=O) groups excluding carboxylic acids is 3. The number of nitrogens with one attached hydrogen (secondary N) is 2. The van der Waals surface area contributed by atoms with E-state index in [2.05, 4.69) is 10.6 Å². The number of rotatable bonds is 12. The predicted molar refractivity (Wildman–Crippen MR) is 146 cm³/mol. The molecule has 6 N–H and O–H groups in total. The Balaban J connectivity index is 1.75. The van der Waals surface area contributed by atoms with Crippen LogP contribution in [0.5, 0.6) is 5.75 Å². The maximum absolute atomic E-state index is 13.7. The Kier molecular flexibility index (Phi) is 10.4. The number of carboxylic acid groups (broad SMARTS) is 1. The summed E-state index contributed by atoms with van der Waals surface area (Å²) in [7, 11) is 0. The van der Waals surface area contributed by atoms with Crippen molar-refractivity contribution in [2.75, 3.05) is 6.54 Å². The van der Waals surface area contributed by atoms with Crippen LogP contribution in [-0.2, 0) is 32.0 Å². The topological polar surface area (TPSA) is 162 Å². The van der Waals surface area contributed by atoms with Gasteiger partial charge in [0, 0.05) is 19.4 Å². The summed E-state index contributed by atoms with van der Waals surface area (Å²) in [6.07, 6.45) is 1.65. The molecule has 3 rings (SSSR count). The molecule has 1 heterocycles. The maximum Gasteiger partial charge on any atom is 0.326 e. The van der Waals surface area contributed by atoms with E-state index in [4.69, 9.17) is 5.73 Å². The second-order valence-corrected chi connectivity index (χ2v) is 10.4. The van der Waals surface area contributed by atoms with Crippen molar-refractivity contribution in [3.8, 4) is 5.75 Å². The molecule has 10 nitrogen and oxygen atoms in total. The number of aromatic hydroxyl groups is 1. The van der Waals surface area contributed by atoms with E-state index in [9.17, 15) is 29.4 Å². The molecule has 1 aliphatic heterocycles. The molecule has 0 radical (unpaired) electrons. The first-order valence-electron chi connectivity index (χ1n) is 13.3. The standard InChI is InChI=1S/C29H38N4O6/c1-18(2)15-22(30)26(35)31-23(16-19-7-4-3-5-8-19)28(37)33-14-6-9-25(33)27(36)32-24(29(38)39)17-20-10-12-21(34)13-11-20/h3-5,7-8,10-13,18,22-25,34H,6,9,14-17,30H2,1-2H3,(H,31,35)(H,32,36)(H,38,39). The van der Waals surface area contributed by atoms with Crippen molar-refractivity contribution >= 4 is 23.7 Å². The third-order valence-corrected chi connectivity index (χ3v) is 6.79. The molecule has 4 unspecified atom stereocenters. The van der Waals surface area contributed by atoms with Gasteiger partial charge in [-0.25, -0.2) is 4.79 Å². The second-order valence-electron chi connectivity index (χ2n) is 10.4. The number of phenolic OH excluding ortho intramolecular Hbond substituents is 1. The quantitative estimate of drug-likeness (QED) is 0.274. The van der Waals surface area contributed by atoms with Gasteiger partial charge in [0.05, 0.1) is 6.04 Å². The van der Waals surface area contributed by atoms with Crippen LogP contribution in [0.1, 0.15) is 44.2 Å². The van der Waals surface area contributed by atoms with E-state index in [-0.39, 0.29) is 24.5 Å². The summed E-state index contributed by atoms with van der Waals surface area (Å²) in [5.74, 6) is -2.36. The normalized spacial score (nSPS) is 17.3. The van der Waals surface area contributed by atoms with Gasteiger partial charge in [0.2, 0.25) is 17.7 Å². The van der Waals surface area contributed by atoms with Crippen molar-refractivity contribution in [3.05, 3.63) is 65.7 Å². The third-order valence-electron chi connectivity index (χ3n) is 6.79. The van der Waals surface area contributed by atoms with Crippen LogP contribution in [0.25, 0.3) is 0 Å². The number of phenols is 1. The monoisotopic (exact) mass is 538 g/mol. The molecular weight excluding hydrogens is 500 g/mol. The van der Waals surface area contributed by atoms with E-state index in [0.717, 1.165) is 5.56 Å². The summed E-state index contributed by atoms with van der Waals surface area (Å²) in [5, 5.41) is 24.6. The van der Waals surface area contributed by atoms with Crippen molar-refractivity contribution in [1.29, 1.82) is 0 Å². The van der Waals surface area contributed by atoms with Crippen LogP contribution >= 0.6 is 0 Å². The number of carbonyl (C=O) groups is 4. The number of amides is 3. The molecule has 210 valence electrons. The van der Waals surface area contributed by atoms with Gasteiger partial charge in [-0.3, -0.25) is 14.4 Å². The summed E-state index contributed by atoms with van der Waals surface area (Å²) in [6, 6.07) is 11.5. The molecule has 10 heteroatoms. The van der Waals surface area contributed by atoms with Gasteiger partial charge >= 0.3 is 5.97 Å². The van der Waals surface area contributed by atoms with Crippen LogP contribution in [0, 0.1) is 5.92 Å². The van der Waals surface area contributed by atoms with Gasteiger partial charge in [0.15, 0.2) is 0 Å².